The maximum absolute atomic E-state index is 13.0. The van der Waals surface area contributed by atoms with Crippen LogP contribution in [0.4, 0.5) is 16.2 Å². The second-order valence-corrected chi connectivity index (χ2v) is 7.76. The fourth-order valence-electron chi connectivity index (χ4n) is 3.29. The highest BCUT2D eigenvalue weighted by atomic mass is 35.5. The Hall–Kier alpha value is -4.24. The van der Waals surface area contributed by atoms with Gasteiger partial charge in [0.15, 0.2) is 0 Å². The number of aryl methyl sites for hydroxylation is 2. The molecule has 10 heteroatoms. The van der Waals surface area contributed by atoms with Crippen molar-refractivity contribution in [2.75, 3.05) is 4.90 Å². The normalized spacial score (nSPS) is 15.2. The number of halogens is 1. The molecule has 4 rings (SSSR count). The highest BCUT2D eigenvalue weighted by Crippen LogP contribution is 2.33. The summed E-state index contributed by atoms with van der Waals surface area (Å²) in [4.78, 5) is 49.0. The lowest BCUT2D eigenvalue weighted by Gasteiger charge is -2.26. The lowest BCUT2D eigenvalue weighted by molar-refractivity contribution is -0.384. The van der Waals surface area contributed by atoms with E-state index < -0.39 is 22.8 Å². The van der Waals surface area contributed by atoms with E-state index in [4.69, 9.17) is 16.0 Å². The van der Waals surface area contributed by atoms with Crippen LogP contribution in [0.1, 0.15) is 16.9 Å². The molecule has 0 unspecified atom stereocenters. The number of nitro groups is 1. The SMILES string of the molecule is Cc1ccc(N2C(=O)NC(=O)C(=Cc3ccc(-c4ccc([N+](=O)[O-])cc4Cl)o3)C2=O)cc1C. The zero-order valence-electron chi connectivity index (χ0n) is 17.4. The summed E-state index contributed by atoms with van der Waals surface area (Å²) in [6.07, 6.45) is 1.22. The Balaban J connectivity index is 1.67. The molecule has 166 valence electrons. The minimum absolute atomic E-state index is 0.107. The third-order valence-corrected chi connectivity index (χ3v) is 5.51. The smallest absolute Gasteiger partial charge is 0.335 e. The number of nitrogens with zero attached hydrogens (tertiary/aromatic N) is 2. The van der Waals surface area contributed by atoms with Gasteiger partial charge in [0.2, 0.25) is 0 Å². The van der Waals surface area contributed by atoms with Gasteiger partial charge in [-0.15, -0.1) is 0 Å². The van der Waals surface area contributed by atoms with Gasteiger partial charge < -0.3 is 4.42 Å². The van der Waals surface area contributed by atoms with Crippen molar-refractivity contribution in [3.63, 3.8) is 0 Å². The highest BCUT2D eigenvalue weighted by Gasteiger charge is 2.37. The number of barbiturate groups is 1. The monoisotopic (exact) mass is 465 g/mol. The summed E-state index contributed by atoms with van der Waals surface area (Å²) in [6.45, 7) is 3.75. The number of nitro benzene ring substituents is 1. The van der Waals surface area contributed by atoms with Crippen LogP contribution in [0.25, 0.3) is 17.4 Å². The number of benzene rings is 2. The third kappa shape index (κ3) is 4.13. The zero-order valence-corrected chi connectivity index (χ0v) is 18.2. The average molecular weight is 466 g/mol. The number of carbonyl (C=O) groups is 3. The van der Waals surface area contributed by atoms with Crippen LogP contribution in [0, 0.1) is 24.0 Å². The Morgan fingerprint density at radius 3 is 2.45 bits per heavy atom. The topological polar surface area (TPSA) is 123 Å². The Labute approximate surface area is 192 Å². The van der Waals surface area contributed by atoms with E-state index in [-0.39, 0.29) is 27.8 Å². The number of hydrogen-bond acceptors (Lipinski definition) is 6. The molecule has 0 aliphatic carbocycles. The number of hydrogen-bond donors (Lipinski definition) is 1. The predicted octanol–water partition coefficient (Wildman–Crippen LogP) is 4.79. The molecule has 1 N–H and O–H groups in total. The van der Waals surface area contributed by atoms with Crippen molar-refractivity contribution in [1.82, 2.24) is 5.32 Å². The molecule has 0 atom stereocenters. The molecule has 0 bridgehead atoms. The number of rotatable bonds is 4. The minimum Gasteiger partial charge on any atom is -0.457 e. The second kappa shape index (κ2) is 8.36. The first-order valence-electron chi connectivity index (χ1n) is 9.68. The first-order valence-corrected chi connectivity index (χ1v) is 10.1. The van der Waals surface area contributed by atoms with E-state index in [1.807, 2.05) is 13.8 Å². The van der Waals surface area contributed by atoms with Crippen LogP contribution in [0.2, 0.25) is 5.02 Å². The van der Waals surface area contributed by atoms with Crippen molar-refractivity contribution in [2.45, 2.75) is 13.8 Å². The Kier molecular flexibility index (Phi) is 5.57. The summed E-state index contributed by atoms with van der Waals surface area (Å²) in [5.74, 6) is -1.20. The molecule has 0 saturated carbocycles. The van der Waals surface area contributed by atoms with Gasteiger partial charge in [0.05, 0.1) is 15.6 Å². The molecule has 0 radical (unpaired) electrons. The average Bonchev–Trinajstić information content (AvgIpc) is 3.21. The van der Waals surface area contributed by atoms with Crippen molar-refractivity contribution in [3.8, 4) is 11.3 Å². The van der Waals surface area contributed by atoms with E-state index in [0.717, 1.165) is 16.0 Å². The van der Waals surface area contributed by atoms with Gasteiger partial charge in [-0.3, -0.25) is 25.0 Å². The van der Waals surface area contributed by atoms with Crippen LogP contribution in [0.5, 0.6) is 0 Å². The number of anilines is 1. The summed E-state index contributed by atoms with van der Waals surface area (Å²) < 4.78 is 5.69. The van der Waals surface area contributed by atoms with Gasteiger partial charge in [0.25, 0.3) is 17.5 Å². The molecule has 3 aromatic rings. The van der Waals surface area contributed by atoms with Gasteiger partial charge in [-0.25, -0.2) is 9.69 Å². The first-order chi connectivity index (χ1) is 15.7. The van der Waals surface area contributed by atoms with Crippen LogP contribution in [-0.2, 0) is 9.59 Å². The molecule has 4 amide bonds. The lowest BCUT2D eigenvalue weighted by atomic mass is 10.1. The zero-order chi connectivity index (χ0) is 23.9. The van der Waals surface area contributed by atoms with Crippen LogP contribution in [0.3, 0.4) is 0 Å². The molecule has 33 heavy (non-hydrogen) atoms. The lowest BCUT2D eigenvalue weighted by Crippen LogP contribution is -2.54. The van der Waals surface area contributed by atoms with Crippen molar-refractivity contribution < 1.29 is 23.7 Å². The quantitative estimate of drug-likeness (QED) is 0.256. The Morgan fingerprint density at radius 2 is 1.79 bits per heavy atom. The van der Waals surface area contributed by atoms with Crippen molar-refractivity contribution in [2.24, 2.45) is 0 Å². The minimum atomic E-state index is -0.851. The van der Waals surface area contributed by atoms with Crippen LogP contribution >= 0.6 is 11.6 Å². The van der Waals surface area contributed by atoms with Gasteiger partial charge in [-0.1, -0.05) is 17.7 Å². The Morgan fingerprint density at radius 1 is 1.03 bits per heavy atom. The molecular weight excluding hydrogens is 450 g/mol. The summed E-state index contributed by atoms with van der Waals surface area (Å²) in [6, 6.07) is 11.2. The number of imide groups is 2. The van der Waals surface area contributed by atoms with Crippen molar-refractivity contribution in [3.05, 3.63) is 86.1 Å². The van der Waals surface area contributed by atoms with E-state index in [2.05, 4.69) is 5.32 Å². The summed E-state index contributed by atoms with van der Waals surface area (Å²) in [5.41, 5.74) is 2.14. The summed E-state index contributed by atoms with van der Waals surface area (Å²) in [5, 5.41) is 13.2. The molecular formula is C23H16ClN3O6. The number of carbonyl (C=O) groups excluding carboxylic acids is 3. The molecule has 2 heterocycles. The van der Waals surface area contributed by atoms with Gasteiger partial charge in [-0.05, 0) is 61.4 Å². The maximum Gasteiger partial charge on any atom is 0.335 e. The fraction of sp³-hybridized carbons (Fsp3) is 0.0870. The van der Waals surface area contributed by atoms with E-state index >= 15 is 0 Å². The van der Waals surface area contributed by atoms with Gasteiger partial charge >= 0.3 is 6.03 Å². The molecule has 0 spiro atoms. The fourth-order valence-corrected chi connectivity index (χ4v) is 3.56. The molecule has 1 saturated heterocycles. The first kappa shape index (κ1) is 22.0. The molecule has 1 aliphatic rings. The van der Waals surface area contributed by atoms with E-state index in [9.17, 15) is 24.5 Å². The van der Waals surface area contributed by atoms with Gasteiger partial charge in [0.1, 0.15) is 17.1 Å². The van der Waals surface area contributed by atoms with Crippen LogP contribution < -0.4 is 10.2 Å². The van der Waals surface area contributed by atoms with Crippen LogP contribution in [0.15, 0.2) is 58.5 Å². The van der Waals surface area contributed by atoms with E-state index in [0.29, 0.717) is 11.3 Å². The van der Waals surface area contributed by atoms with Crippen LogP contribution in [-0.4, -0.2) is 22.8 Å². The van der Waals surface area contributed by atoms with Crippen molar-refractivity contribution in [1.29, 1.82) is 0 Å². The molecule has 9 nitrogen and oxygen atoms in total. The number of non-ortho nitro benzene ring substituents is 1. The summed E-state index contributed by atoms with van der Waals surface area (Å²) >= 11 is 6.14. The van der Waals surface area contributed by atoms with Gasteiger partial charge in [-0.2, -0.15) is 0 Å². The molecule has 2 aromatic carbocycles. The standard InChI is InChI=1S/C23H16ClN3O6/c1-12-3-4-14(9-13(12)2)26-22(29)18(21(28)25-23(26)30)11-16-6-8-20(33-16)17-7-5-15(27(31)32)10-19(17)24/h3-11H,1-2H3,(H,25,28,30). The van der Waals surface area contributed by atoms with E-state index in [1.54, 1.807) is 24.3 Å². The largest absolute Gasteiger partial charge is 0.457 e. The third-order valence-electron chi connectivity index (χ3n) is 5.19. The number of urea groups is 1. The molecule has 1 aliphatic heterocycles. The maximum atomic E-state index is 13.0. The molecule has 1 fully saturated rings. The van der Waals surface area contributed by atoms with Gasteiger partial charge in [0, 0.05) is 17.7 Å². The highest BCUT2D eigenvalue weighted by molar-refractivity contribution is 6.39. The number of furan rings is 1. The summed E-state index contributed by atoms with van der Waals surface area (Å²) in [7, 11) is 0. The predicted molar refractivity (Wildman–Crippen MR) is 121 cm³/mol. The Bertz CT molecular complexity index is 1370. The molecule has 1 aromatic heterocycles. The number of amides is 4. The van der Waals surface area contributed by atoms with E-state index in [1.165, 1.54) is 30.3 Å². The number of nitrogens with one attached hydrogen (secondary N) is 1. The van der Waals surface area contributed by atoms with Crippen molar-refractivity contribution >= 4 is 46.9 Å². The second-order valence-electron chi connectivity index (χ2n) is 7.35.